The van der Waals surface area contributed by atoms with Gasteiger partial charge in [0, 0.05) is 24.8 Å². The number of piperidine rings is 1. The molecule has 1 fully saturated rings. The zero-order chi connectivity index (χ0) is 20.9. The Morgan fingerprint density at radius 3 is 2.76 bits per heavy atom. The molecule has 29 heavy (non-hydrogen) atoms. The van der Waals surface area contributed by atoms with Crippen molar-refractivity contribution in [1.29, 1.82) is 0 Å². The summed E-state index contributed by atoms with van der Waals surface area (Å²) in [5.41, 5.74) is 0.579. The number of anilines is 1. The minimum Gasteiger partial charge on any atom is -0.489 e. The molecule has 0 aliphatic carbocycles. The molecule has 3 rings (SSSR count). The summed E-state index contributed by atoms with van der Waals surface area (Å²) in [7, 11) is -3.78. The number of hydrogen-bond donors (Lipinski definition) is 1. The first-order chi connectivity index (χ1) is 13.9. The summed E-state index contributed by atoms with van der Waals surface area (Å²) in [4.78, 5) is 12.7. The number of rotatable bonds is 7. The molecule has 0 spiro atoms. The predicted molar refractivity (Wildman–Crippen MR) is 109 cm³/mol. The summed E-state index contributed by atoms with van der Waals surface area (Å²) in [5, 5.41) is 2.83. The first kappa shape index (κ1) is 21.0. The molecular formula is C21H23FN2O4S. The van der Waals surface area contributed by atoms with Crippen molar-refractivity contribution in [2.75, 3.05) is 25.0 Å². The lowest BCUT2D eigenvalue weighted by atomic mass is 9.98. The SMILES string of the molecule is C=CCOc1cccc(NC(=O)[C@H]2CCCN(S(=O)(=O)c3ccc(F)cc3)C2)c1. The fraction of sp³-hybridized carbons (Fsp3) is 0.286. The van der Waals surface area contributed by atoms with Crippen LogP contribution in [-0.2, 0) is 14.8 Å². The monoisotopic (exact) mass is 418 g/mol. The summed E-state index contributed by atoms with van der Waals surface area (Å²) >= 11 is 0. The van der Waals surface area contributed by atoms with Crippen LogP contribution in [0.3, 0.4) is 0 Å². The van der Waals surface area contributed by atoms with Crippen LogP contribution in [0.5, 0.6) is 5.75 Å². The van der Waals surface area contributed by atoms with Gasteiger partial charge >= 0.3 is 0 Å². The third-order valence-corrected chi connectivity index (χ3v) is 6.56. The Bertz CT molecular complexity index is 976. The molecule has 1 saturated heterocycles. The molecule has 2 aromatic carbocycles. The summed E-state index contributed by atoms with van der Waals surface area (Å²) in [6.45, 7) is 4.36. The maximum absolute atomic E-state index is 13.1. The number of amides is 1. The van der Waals surface area contributed by atoms with Crippen LogP contribution in [0.2, 0.25) is 0 Å². The average molecular weight is 418 g/mol. The summed E-state index contributed by atoms with van der Waals surface area (Å²) < 4.78 is 45.5. The highest BCUT2D eigenvalue weighted by Gasteiger charge is 2.33. The minimum atomic E-state index is -3.78. The topological polar surface area (TPSA) is 75.7 Å². The van der Waals surface area contributed by atoms with Gasteiger partial charge in [0.25, 0.3) is 0 Å². The molecule has 0 unspecified atom stereocenters. The van der Waals surface area contributed by atoms with Crippen LogP contribution in [0.25, 0.3) is 0 Å². The number of carbonyl (C=O) groups excluding carboxylic acids is 1. The molecule has 0 radical (unpaired) electrons. The van der Waals surface area contributed by atoms with Crippen molar-refractivity contribution in [3.8, 4) is 5.75 Å². The lowest BCUT2D eigenvalue weighted by Gasteiger charge is -2.31. The number of benzene rings is 2. The molecule has 0 saturated carbocycles. The Labute approximate surface area is 170 Å². The second-order valence-electron chi connectivity index (χ2n) is 6.77. The highest BCUT2D eigenvalue weighted by atomic mass is 32.2. The van der Waals surface area contributed by atoms with E-state index in [0.717, 1.165) is 12.1 Å². The van der Waals surface area contributed by atoms with Crippen molar-refractivity contribution in [2.45, 2.75) is 17.7 Å². The van der Waals surface area contributed by atoms with Gasteiger partial charge in [-0.1, -0.05) is 18.7 Å². The summed E-state index contributed by atoms with van der Waals surface area (Å²) in [6.07, 6.45) is 2.79. The molecule has 1 aliphatic rings. The second kappa shape index (κ2) is 9.19. The maximum atomic E-state index is 13.1. The van der Waals surface area contributed by atoms with E-state index in [0.29, 0.717) is 37.4 Å². The fourth-order valence-corrected chi connectivity index (χ4v) is 4.72. The van der Waals surface area contributed by atoms with Crippen LogP contribution >= 0.6 is 0 Å². The van der Waals surface area contributed by atoms with Crippen molar-refractivity contribution in [3.63, 3.8) is 0 Å². The minimum absolute atomic E-state index is 0.0204. The first-order valence-corrected chi connectivity index (χ1v) is 10.7. The van der Waals surface area contributed by atoms with E-state index in [-0.39, 0.29) is 17.3 Å². The molecular weight excluding hydrogens is 395 g/mol. The highest BCUT2D eigenvalue weighted by molar-refractivity contribution is 7.89. The van der Waals surface area contributed by atoms with Crippen LogP contribution < -0.4 is 10.1 Å². The van der Waals surface area contributed by atoms with Crippen molar-refractivity contribution < 1.29 is 22.3 Å². The van der Waals surface area contributed by atoms with Gasteiger partial charge in [-0.3, -0.25) is 4.79 Å². The van der Waals surface area contributed by atoms with Crippen molar-refractivity contribution in [2.24, 2.45) is 5.92 Å². The van der Waals surface area contributed by atoms with Gasteiger partial charge in [-0.2, -0.15) is 4.31 Å². The van der Waals surface area contributed by atoms with E-state index in [4.69, 9.17) is 4.74 Å². The zero-order valence-corrected chi connectivity index (χ0v) is 16.7. The Balaban J connectivity index is 1.68. The number of carbonyl (C=O) groups is 1. The average Bonchev–Trinajstić information content (AvgIpc) is 2.73. The lowest BCUT2D eigenvalue weighted by Crippen LogP contribution is -2.43. The molecule has 0 aromatic heterocycles. The molecule has 6 nitrogen and oxygen atoms in total. The van der Waals surface area contributed by atoms with E-state index in [1.165, 1.54) is 16.4 Å². The number of hydrogen-bond acceptors (Lipinski definition) is 4. The van der Waals surface area contributed by atoms with Crippen LogP contribution in [0.15, 0.2) is 66.1 Å². The van der Waals surface area contributed by atoms with E-state index >= 15 is 0 Å². The van der Waals surface area contributed by atoms with Crippen LogP contribution in [-0.4, -0.2) is 38.3 Å². The predicted octanol–water partition coefficient (Wildman–Crippen LogP) is 3.43. The normalized spacial score (nSPS) is 17.5. The van der Waals surface area contributed by atoms with E-state index in [2.05, 4.69) is 11.9 Å². The van der Waals surface area contributed by atoms with Gasteiger partial charge in [-0.15, -0.1) is 0 Å². The molecule has 1 heterocycles. The van der Waals surface area contributed by atoms with Crippen molar-refractivity contribution in [1.82, 2.24) is 4.31 Å². The molecule has 154 valence electrons. The smallest absolute Gasteiger partial charge is 0.243 e. The Hall–Kier alpha value is -2.71. The van der Waals surface area contributed by atoms with E-state index < -0.39 is 21.8 Å². The number of halogens is 1. The van der Waals surface area contributed by atoms with Gasteiger partial charge in [0.1, 0.15) is 18.2 Å². The first-order valence-electron chi connectivity index (χ1n) is 9.30. The van der Waals surface area contributed by atoms with Gasteiger partial charge < -0.3 is 10.1 Å². The largest absolute Gasteiger partial charge is 0.489 e. The molecule has 1 N–H and O–H groups in total. The number of nitrogens with one attached hydrogen (secondary N) is 1. The molecule has 1 atom stereocenters. The van der Waals surface area contributed by atoms with E-state index in [1.807, 2.05) is 0 Å². The van der Waals surface area contributed by atoms with E-state index in [9.17, 15) is 17.6 Å². The number of sulfonamides is 1. The second-order valence-corrected chi connectivity index (χ2v) is 8.71. The Morgan fingerprint density at radius 2 is 2.03 bits per heavy atom. The molecule has 8 heteroatoms. The molecule has 2 aromatic rings. The Morgan fingerprint density at radius 1 is 1.28 bits per heavy atom. The van der Waals surface area contributed by atoms with Gasteiger partial charge in [0.2, 0.25) is 15.9 Å². The van der Waals surface area contributed by atoms with Gasteiger partial charge in [-0.25, -0.2) is 12.8 Å². The standard InChI is InChI=1S/C21H23FN2O4S/c1-2-13-28-19-7-3-6-18(14-19)23-21(25)16-5-4-12-24(15-16)29(26,27)20-10-8-17(22)9-11-20/h2-3,6-11,14,16H,1,4-5,12-13,15H2,(H,23,25)/t16-/m0/s1. The third kappa shape index (κ3) is 5.21. The number of nitrogens with zero attached hydrogens (tertiary/aromatic N) is 1. The molecule has 1 aliphatic heterocycles. The lowest BCUT2D eigenvalue weighted by molar-refractivity contribution is -0.120. The van der Waals surface area contributed by atoms with Crippen LogP contribution in [0, 0.1) is 11.7 Å². The maximum Gasteiger partial charge on any atom is 0.243 e. The summed E-state index contributed by atoms with van der Waals surface area (Å²) in [6, 6.07) is 11.7. The van der Waals surface area contributed by atoms with Gasteiger partial charge in [-0.05, 0) is 49.2 Å². The summed E-state index contributed by atoms with van der Waals surface area (Å²) in [5.74, 6) is -0.618. The molecule has 0 bridgehead atoms. The third-order valence-electron chi connectivity index (χ3n) is 4.68. The Kier molecular flexibility index (Phi) is 6.66. The van der Waals surface area contributed by atoms with Crippen molar-refractivity contribution >= 4 is 21.6 Å². The highest BCUT2D eigenvalue weighted by Crippen LogP contribution is 2.25. The fourth-order valence-electron chi connectivity index (χ4n) is 3.19. The quantitative estimate of drug-likeness (QED) is 0.699. The van der Waals surface area contributed by atoms with Crippen molar-refractivity contribution in [3.05, 3.63) is 67.0 Å². The van der Waals surface area contributed by atoms with E-state index in [1.54, 1.807) is 30.3 Å². The van der Waals surface area contributed by atoms with Gasteiger partial charge in [0.15, 0.2) is 0 Å². The number of ether oxygens (including phenoxy) is 1. The zero-order valence-electron chi connectivity index (χ0n) is 15.9. The van der Waals surface area contributed by atoms with Crippen LogP contribution in [0.4, 0.5) is 10.1 Å². The van der Waals surface area contributed by atoms with Gasteiger partial charge in [0.05, 0.1) is 10.8 Å². The molecule has 1 amide bonds. The van der Waals surface area contributed by atoms with Crippen LogP contribution in [0.1, 0.15) is 12.8 Å².